The van der Waals surface area contributed by atoms with Crippen LogP contribution in [0, 0.1) is 0 Å². The summed E-state index contributed by atoms with van der Waals surface area (Å²) in [6.07, 6.45) is 2.70. The number of nitrogens with one attached hydrogen (secondary N) is 3. The van der Waals surface area contributed by atoms with E-state index in [1.807, 2.05) is 6.92 Å². The first-order valence-electron chi connectivity index (χ1n) is 6.69. The van der Waals surface area contributed by atoms with Crippen molar-refractivity contribution < 1.29 is 0 Å². The molecule has 0 atom stereocenters. The number of aromatic amines is 1. The topological polar surface area (TPSA) is 78.5 Å². The van der Waals surface area contributed by atoms with E-state index in [0.29, 0.717) is 5.95 Å². The van der Waals surface area contributed by atoms with Crippen LogP contribution in [-0.2, 0) is 6.42 Å². The first kappa shape index (κ1) is 14.3. The van der Waals surface area contributed by atoms with Crippen LogP contribution in [0.15, 0.2) is 22.1 Å². The first-order valence-corrected chi connectivity index (χ1v) is 8.30. The summed E-state index contributed by atoms with van der Waals surface area (Å²) in [7, 11) is 0. The minimum absolute atomic E-state index is 0.607. The van der Waals surface area contributed by atoms with Crippen molar-refractivity contribution in [3.05, 3.63) is 27.0 Å². The van der Waals surface area contributed by atoms with Crippen molar-refractivity contribution in [1.29, 1.82) is 0 Å². The monoisotopic (exact) mass is 366 g/mol. The molecule has 0 unspecified atom stereocenters. The van der Waals surface area contributed by atoms with E-state index in [2.05, 4.69) is 58.9 Å². The quantitative estimate of drug-likeness (QED) is 0.623. The molecular weight excluding hydrogens is 352 g/mol. The van der Waals surface area contributed by atoms with E-state index in [4.69, 9.17) is 0 Å². The first-order chi connectivity index (χ1) is 10.3. The average Bonchev–Trinajstić information content (AvgIpc) is 3.08. The van der Waals surface area contributed by atoms with Gasteiger partial charge in [-0.1, -0.05) is 0 Å². The van der Waals surface area contributed by atoms with Gasteiger partial charge in [0.05, 0.1) is 15.4 Å². The Balaban J connectivity index is 1.74. The fourth-order valence-corrected chi connectivity index (χ4v) is 3.48. The molecule has 0 spiro atoms. The van der Waals surface area contributed by atoms with Crippen LogP contribution in [0.2, 0.25) is 0 Å². The van der Waals surface area contributed by atoms with Crippen molar-refractivity contribution >= 4 is 50.1 Å². The Hall–Kier alpha value is -1.67. The number of fused-ring (bicyclic) bond motifs is 1. The standard InChI is InChI=1S/C13H15BrN6S/c1-2-15-13-18-11(9-7-17-20-12(9)19-13)16-6-5-8-3-4-10(14)21-8/h3-4,7H,2,5-6H2,1H3,(H3,15,16,17,18,19,20). The van der Waals surface area contributed by atoms with Crippen molar-refractivity contribution in [2.75, 3.05) is 23.7 Å². The zero-order chi connectivity index (χ0) is 14.7. The van der Waals surface area contributed by atoms with Crippen LogP contribution < -0.4 is 10.6 Å². The van der Waals surface area contributed by atoms with Gasteiger partial charge < -0.3 is 10.6 Å². The molecule has 3 rings (SSSR count). The van der Waals surface area contributed by atoms with Gasteiger partial charge in [0, 0.05) is 18.0 Å². The summed E-state index contributed by atoms with van der Waals surface area (Å²) >= 11 is 5.23. The maximum absolute atomic E-state index is 4.50. The Morgan fingerprint density at radius 2 is 2.19 bits per heavy atom. The molecule has 6 nitrogen and oxygen atoms in total. The Labute approximate surface area is 134 Å². The number of anilines is 2. The molecule has 0 saturated carbocycles. The van der Waals surface area contributed by atoms with Gasteiger partial charge in [-0.05, 0) is 41.4 Å². The molecule has 0 amide bonds. The summed E-state index contributed by atoms with van der Waals surface area (Å²) in [5.74, 6) is 1.41. The molecular formula is C13H15BrN6S. The summed E-state index contributed by atoms with van der Waals surface area (Å²) in [6.45, 7) is 3.61. The minimum atomic E-state index is 0.607. The van der Waals surface area contributed by atoms with Gasteiger partial charge in [-0.25, -0.2) is 0 Å². The summed E-state index contributed by atoms with van der Waals surface area (Å²) < 4.78 is 1.16. The number of hydrogen-bond donors (Lipinski definition) is 3. The van der Waals surface area contributed by atoms with E-state index in [-0.39, 0.29) is 0 Å². The van der Waals surface area contributed by atoms with E-state index >= 15 is 0 Å². The molecule has 3 heterocycles. The third-order valence-corrected chi connectivity index (χ3v) is 4.62. The van der Waals surface area contributed by atoms with Gasteiger partial charge in [-0.2, -0.15) is 15.1 Å². The predicted octanol–water partition coefficient (Wildman–Crippen LogP) is 3.26. The van der Waals surface area contributed by atoms with Crippen LogP contribution in [0.3, 0.4) is 0 Å². The van der Waals surface area contributed by atoms with Crippen molar-refractivity contribution in [2.45, 2.75) is 13.3 Å². The molecule has 0 aliphatic heterocycles. The van der Waals surface area contributed by atoms with Crippen molar-refractivity contribution in [1.82, 2.24) is 20.2 Å². The van der Waals surface area contributed by atoms with Gasteiger partial charge in [-0.3, -0.25) is 5.10 Å². The van der Waals surface area contributed by atoms with E-state index < -0.39 is 0 Å². The summed E-state index contributed by atoms with van der Waals surface area (Å²) in [5.41, 5.74) is 0.738. The number of hydrogen-bond acceptors (Lipinski definition) is 6. The van der Waals surface area contributed by atoms with Gasteiger partial charge in [-0.15, -0.1) is 11.3 Å². The lowest BCUT2D eigenvalue weighted by Crippen LogP contribution is -2.09. The van der Waals surface area contributed by atoms with Gasteiger partial charge in [0.2, 0.25) is 5.95 Å². The Bertz CT molecular complexity index is 737. The van der Waals surface area contributed by atoms with E-state index in [1.54, 1.807) is 17.5 Å². The highest BCUT2D eigenvalue weighted by Gasteiger charge is 2.09. The van der Waals surface area contributed by atoms with Gasteiger partial charge in [0.15, 0.2) is 5.65 Å². The highest BCUT2D eigenvalue weighted by Crippen LogP contribution is 2.23. The van der Waals surface area contributed by atoms with Crippen LogP contribution in [0.4, 0.5) is 11.8 Å². The maximum atomic E-state index is 4.50. The van der Waals surface area contributed by atoms with Crippen LogP contribution in [0.25, 0.3) is 11.0 Å². The lowest BCUT2D eigenvalue weighted by Gasteiger charge is -2.08. The zero-order valence-corrected chi connectivity index (χ0v) is 13.9. The third kappa shape index (κ3) is 3.33. The zero-order valence-electron chi connectivity index (χ0n) is 11.5. The minimum Gasteiger partial charge on any atom is -0.369 e. The van der Waals surface area contributed by atoms with E-state index in [9.17, 15) is 0 Å². The van der Waals surface area contributed by atoms with Crippen molar-refractivity contribution in [3.8, 4) is 0 Å². The summed E-state index contributed by atoms with van der Waals surface area (Å²) in [6, 6.07) is 4.20. The average molecular weight is 367 g/mol. The highest BCUT2D eigenvalue weighted by atomic mass is 79.9. The van der Waals surface area contributed by atoms with E-state index in [1.165, 1.54) is 4.88 Å². The fraction of sp³-hybridized carbons (Fsp3) is 0.308. The maximum Gasteiger partial charge on any atom is 0.226 e. The number of halogens is 1. The molecule has 0 aliphatic carbocycles. The SMILES string of the molecule is CCNc1nc(NCCc2ccc(Br)s2)c2cn[nH]c2n1. The number of aromatic nitrogens is 4. The molecule has 8 heteroatoms. The van der Waals surface area contributed by atoms with Crippen LogP contribution in [0.5, 0.6) is 0 Å². The lowest BCUT2D eigenvalue weighted by molar-refractivity contribution is 1.02. The van der Waals surface area contributed by atoms with Crippen LogP contribution >= 0.6 is 27.3 Å². The van der Waals surface area contributed by atoms with Gasteiger partial charge in [0.25, 0.3) is 0 Å². The Morgan fingerprint density at radius 3 is 2.95 bits per heavy atom. The molecule has 0 aliphatic rings. The summed E-state index contributed by atoms with van der Waals surface area (Å²) in [4.78, 5) is 10.2. The second-order valence-corrected chi connectivity index (χ2v) is 6.99. The molecule has 0 saturated heterocycles. The second-order valence-electron chi connectivity index (χ2n) is 4.44. The Kier molecular flexibility index (Phi) is 4.35. The number of thiophene rings is 1. The van der Waals surface area contributed by atoms with Crippen molar-refractivity contribution in [2.24, 2.45) is 0 Å². The molecule has 0 aromatic carbocycles. The highest BCUT2D eigenvalue weighted by molar-refractivity contribution is 9.11. The smallest absolute Gasteiger partial charge is 0.226 e. The van der Waals surface area contributed by atoms with Gasteiger partial charge >= 0.3 is 0 Å². The summed E-state index contributed by atoms with van der Waals surface area (Å²) in [5, 5.41) is 14.3. The number of rotatable bonds is 6. The third-order valence-electron chi connectivity index (χ3n) is 2.94. The normalized spacial score (nSPS) is 11.0. The number of nitrogens with zero attached hydrogens (tertiary/aromatic N) is 3. The predicted molar refractivity (Wildman–Crippen MR) is 90.1 cm³/mol. The molecule has 3 aromatic heterocycles. The van der Waals surface area contributed by atoms with Gasteiger partial charge in [0.1, 0.15) is 5.82 Å². The molecule has 3 N–H and O–H groups in total. The van der Waals surface area contributed by atoms with Crippen LogP contribution in [0.1, 0.15) is 11.8 Å². The van der Waals surface area contributed by atoms with Crippen LogP contribution in [-0.4, -0.2) is 33.3 Å². The molecule has 0 bridgehead atoms. The van der Waals surface area contributed by atoms with E-state index in [0.717, 1.165) is 40.1 Å². The largest absolute Gasteiger partial charge is 0.369 e. The second kappa shape index (κ2) is 6.40. The lowest BCUT2D eigenvalue weighted by atomic mass is 10.3. The molecule has 0 fully saturated rings. The number of H-pyrrole nitrogens is 1. The molecule has 0 radical (unpaired) electrons. The molecule has 110 valence electrons. The fourth-order valence-electron chi connectivity index (χ4n) is 2.00. The Morgan fingerprint density at radius 1 is 1.29 bits per heavy atom. The van der Waals surface area contributed by atoms with Crippen molar-refractivity contribution in [3.63, 3.8) is 0 Å². The molecule has 21 heavy (non-hydrogen) atoms. The molecule has 3 aromatic rings.